The summed E-state index contributed by atoms with van der Waals surface area (Å²) in [4.78, 5) is 17.4. The molecule has 1 unspecified atom stereocenters. The van der Waals surface area contributed by atoms with Crippen LogP contribution in [0.2, 0.25) is 0 Å². The summed E-state index contributed by atoms with van der Waals surface area (Å²) >= 11 is 0. The minimum Gasteiger partial charge on any atom is -0.479 e. The van der Waals surface area contributed by atoms with Gasteiger partial charge in [0.05, 0.1) is 0 Å². The van der Waals surface area contributed by atoms with Crippen molar-refractivity contribution < 1.29 is 14.6 Å². The summed E-state index contributed by atoms with van der Waals surface area (Å²) in [5, 5.41) is 9.12. The van der Waals surface area contributed by atoms with Crippen LogP contribution in [0.25, 0.3) is 0 Å². The van der Waals surface area contributed by atoms with Crippen molar-refractivity contribution in [2.24, 2.45) is 4.99 Å². The highest BCUT2D eigenvalue weighted by molar-refractivity contribution is 5.86. The molecule has 0 aliphatic carbocycles. The fourth-order valence-electron chi connectivity index (χ4n) is 1.75. The molecular weight excluding hydrogens is 232 g/mol. The number of carboxylic acid groups (broad SMARTS) is 1. The molecule has 1 N–H and O–H groups in total. The van der Waals surface area contributed by atoms with Crippen molar-refractivity contribution in [2.45, 2.75) is 52.0 Å². The lowest BCUT2D eigenvalue weighted by molar-refractivity contribution is -0.142. The number of rotatable bonds is 7. The Morgan fingerprint density at radius 2 is 1.94 bits per heavy atom. The first kappa shape index (κ1) is 14.8. The predicted molar refractivity (Wildman–Crippen MR) is 70.8 cm³/mol. The molecule has 1 aliphatic heterocycles. The van der Waals surface area contributed by atoms with Crippen molar-refractivity contribution in [3.63, 3.8) is 0 Å². The van der Waals surface area contributed by atoms with Crippen LogP contribution in [0.4, 0.5) is 0 Å². The highest BCUT2D eigenvalue weighted by atomic mass is 16.5. The molecule has 0 amide bonds. The van der Waals surface area contributed by atoms with Gasteiger partial charge in [0.1, 0.15) is 6.61 Å². The fourth-order valence-corrected chi connectivity index (χ4v) is 1.75. The Kier molecular flexibility index (Phi) is 5.44. The Morgan fingerprint density at radius 3 is 2.33 bits per heavy atom. The van der Waals surface area contributed by atoms with Crippen LogP contribution in [0.1, 0.15) is 46.5 Å². The summed E-state index contributed by atoms with van der Waals surface area (Å²) < 4.78 is 5.48. The Balaban J connectivity index is 2.70. The van der Waals surface area contributed by atoms with E-state index in [1.165, 1.54) is 0 Å². The first-order chi connectivity index (χ1) is 8.53. The summed E-state index contributed by atoms with van der Waals surface area (Å²) in [5.41, 5.74) is -1.12. The van der Waals surface area contributed by atoms with E-state index in [1.54, 1.807) is 6.92 Å². The third kappa shape index (κ3) is 3.62. The molecule has 0 saturated carbocycles. The Labute approximate surface area is 109 Å². The fraction of sp³-hybridized carbons (Fsp3) is 0.846. The molecule has 1 rings (SSSR count). The van der Waals surface area contributed by atoms with E-state index in [0.29, 0.717) is 6.02 Å². The molecule has 0 fully saturated rings. The van der Waals surface area contributed by atoms with Crippen LogP contribution >= 0.6 is 0 Å². The number of hydrogen-bond acceptors (Lipinski definition) is 4. The average Bonchev–Trinajstić information content (AvgIpc) is 2.73. The van der Waals surface area contributed by atoms with Crippen LogP contribution < -0.4 is 0 Å². The normalized spacial score (nSPS) is 22.5. The number of hydrogen-bond donors (Lipinski definition) is 1. The van der Waals surface area contributed by atoms with E-state index in [1.807, 2.05) is 0 Å². The second kappa shape index (κ2) is 6.61. The van der Waals surface area contributed by atoms with Gasteiger partial charge in [-0.2, -0.15) is 0 Å². The van der Waals surface area contributed by atoms with Crippen molar-refractivity contribution in [3.05, 3.63) is 0 Å². The molecule has 1 heterocycles. The Morgan fingerprint density at radius 1 is 1.39 bits per heavy atom. The summed E-state index contributed by atoms with van der Waals surface area (Å²) in [5.74, 6) is -0.927. The lowest BCUT2D eigenvalue weighted by Crippen LogP contribution is -2.34. The van der Waals surface area contributed by atoms with Crippen LogP contribution in [0.5, 0.6) is 0 Å². The molecule has 0 radical (unpaired) electrons. The van der Waals surface area contributed by atoms with Gasteiger partial charge >= 0.3 is 5.97 Å². The van der Waals surface area contributed by atoms with Gasteiger partial charge in [-0.25, -0.2) is 9.79 Å². The van der Waals surface area contributed by atoms with Crippen LogP contribution in [0, 0.1) is 0 Å². The number of amidine groups is 1. The number of ether oxygens (including phenoxy) is 1. The van der Waals surface area contributed by atoms with E-state index in [4.69, 9.17) is 9.84 Å². The maximum absolute atomic E-state index is 11.1. The maximum atomic E-state index is 11.1. The highest BCUT2D eigenvalue weighted by Crippen LogP contribution is 2.20. The zero-order valence-corrected chi connectivity index (χ0v) is 11.6. The van der Waals surface area contributed by atoms with E-state index in [2.05, 4.69) is 23.7 Å². The number of aliphatic carboxylic acids is 1. The molecule has 5 heteroatoms. The zero-order valence-electron chi connectivity index (χ0n) is 11.6. The van der Waals surface area contributed by atoms with Crippen molar-refractivity contribution in [3.8, 4) is 0 Å². The molecule has 1 atom stereocenters. The standard InChI is InChI=1S/C13H24N2O3/c1-4-6-8-15(9-7-5-2)12-14-13(3,10-18-12)11(16)17/h4-10H2,1-3H3,(H,16,17). The minimum atomic E-state index is -1.12. The van der Waals surface area contributed by atoms with Gasteiger partial charge in [-0.1, -0.05) is 26.7 Å². The molecule has 0 aromatic rings. The summed E-state index contributed by atoms with van der Waals surface area (Å²) in [7, 11) is 0. The van der Waals surface area contributed by atoms with Crippen LogP contribution in [-0.4, -0.2) is 47.2 Å². The number of aliphatic imine (C=N–C) groups is 1. The summed E-state index contributed by atoms with van der Waals surface area (Å²) in [6, 6.07) is 0.502. The van der Waals surface area contributed by atoms with E-state index in [-0.39, 0.29) is 6.61 Å². The van der Waals surface area contributed by atoms with Crippen LogP contribution in [-0.2, 0) is 9.53 Å². The topological polar surface area (TPSA) is 62.1 Å². The number of unbranched alkanes of at least 4 members (excludes halogenated alkanes) is 2. The van der Waals surface area contributed by atoms with E-state index < -0.39 is 11.5 Å². The largest absolute Gasteiger partial charge is 0.479 e. The lowest BCUT2D eigenvalue weighted by Gasteiger charge is -2.22. The molecule has 0 saturated heterocycles. The molecule has 18 heavy (non-hydrogen) atoms. The maximum Gasteiger partial charge on any atom is 0.335 e. The molecular formula is C13H24N2O3. The van der Waals surface area contributed by atoms with Gasteiger partial charge in [-0.3, -0.25) is 0 Å². The number of carbonyl (C=O) groups is 1. The minimum absolute atomic E-state index is 0.131. The van der Waals surface area contributed by atoms with Gasteiger partial charge in [0, 0.05) is 13.1 Å². The smallest absolute Gasteiger partial charge is 0.335 e. The lowest BCUT2D eigenvalue weighted by atomic mass is 10.1. The van der Waals surface area contributed by atoms with Crippen molar-refractivity contribution in [1.82, 2.24) is 4.90 Å². The molecule has 0 aromatic carbocycles. The Bertz CT molecular complexity index is 309. The summed E-state index contributed by atoms with van der Waals surface area (Å²) in [6.45, 7) is 7.76. The molecule has 1 aliphatic rings. The monoisotopic (exact) mass is 256 g/mol. The molecule has 0 aromatic heterocycles. The molecule has 0 bridgehead atoms. The van der Waals surface area contributed by atoms with Crippen LogP contribution in [0.3, 0.4) is 0 Å². The highest BCUT2D eigenvalue weighted by Gasteiger charge is 2.40. The van der Waals surface area contributed by atoms with Gasteiger partial charge in [-0.15, -0.1) is 0 Å². The average molecular weight is 256 g/mol. The third-order valence-electron chi connectivity index (χ3n) is 3.12. The van der Waals surface area contributed by atoms with Crippen LogP contribution in [0.15, 0.2) is 4.99 Å². The van der Waals surface area contributed by atoms with Gasteiger partial charge in [0.2, 0.25) is 0 Å². The van der Waals surface area contributed by atoms with E-state index in [0.717, 1.165) is 38.8 Å². The van der Waals surface area contributed by atoms with E-state index >= 15 is 0 Å². The van der Waals surface area contributed by atoms with Crippen molar-refractivity contribution >= 4 is 12.0 Å². The number of carboxylic acids is 1. The first-order valence-electron chi connectivity index (χ1n) is 6.74. The van der Waals surface area contributed by atoms with E-state index in [9.17, 15) is 4.79 Å². The summed E-state index contributed by atoms with van der Waals surface area (Å²) in [6.07, 6.45) is 4.34. The second-order valence-electron chi connectivity index (χ2n) is 4.96. The Hall–Kier alpha value is -1.26. The van der Waals surface area contributed by atoms with Gasteiger partial charge in [0.25, 0.3) is 6.02 Å². The first-order valence-corrected chi connectivity index (χ1v) is 6.74. The van der Waals surface area contributed by atoms with Gasteiger partial charge in [-0.05, 0) is 19.8 Å². The van der Waals surface area contributed by atoms with Gasteiger partial charge < -0.3 is 14.7 Å². The van der Waals surface area contributed by atoms with Crippen molar-refractivity contribution in [1.29, 1.82) is 0 Å². The molecule has 104 valence electrons. The predicted octanol–water partition coefficient (Wildman–Crippen LogP) is 2.12. The quantitative estimate of drug-likeness (QED) is 0.758. The molecule has 0 spiro atoms. The van der Waals surface area contributed by atoms with Crippen molar-refractivity contribution in [2.75, 3.05) is 19.7 Å². The SMILES string of the molecule is CCCCN(CCCC)C1=NC(C)(C(=O)O)CO1. The second-order valence-corrected chi connectivity index (χ2v) is 4.96. The molecule has 5 nitrogen and oxygen atoms in total. The zero-order chi connectivity index (χ0) is 13.6. The third-order valence-corrected chi connectivity index (χ3v) is 3.12. The van der Waals surface area contributed by atoms with Gasteiger partial charge in [0.15, 0.2) is 5.54 Å². The number of nitrogens with zero attached hydrogens (tertiary/aromatic N) is 2.